The van der Waals surface area contributed by atoms with Gasteiger partial charge in [0.2, 0.25) is 0 Å². The fourth-order valence-corrected chi connectivity index (χ4v) is 2.67. The van der Waals surface area contributed by atoms with Crippen LogP contribution < -0.4 is 0 Å². The molecule has 0 aliphatic heterocycles. The van der Waals surface area contributed by atoms with E-state index in [1.165, 1.54) is 22.3 Å². The van der Waals surface area contributed by atoms with Crippen LogP contribution in [-0.2, 0) is 0 Å². The van der Waals surface area contributed by atoms with Gasteiger partial charge < -0.3 is 0 Å². The van der Waals surface area contributed by atoms with E-state index in [1.54, 1.807) is 11.3 Å². The number of hydrogen-bond donors (Lipinski definition) is 0. The molecule has 0 aliphatic carbocycles. The van der Waals surface area contributed by atoms with E-state index in [2.05, 4.69) is 43.3 Å². The lowest BCUT2D eigenvalue weighted by atomic mass is 9.98. The van der Waals surface area contributed by atoms with Gasteiger partial charge in [-0.05, 0) is 38.8 Å². The van der Waals surface area contributed by atoms with Crippen molar-refractivity contribution in [2.45, 2.75) is 27.7 Å². The molecule has 1 aromatic carbocycles. The monoisotopic (exact) mass is 217 g/mol. The van der Waals surface area contributed by atoms with E-state index < -0.39 is 0 Å². The minimum atomic E-state index is 1.12. The van der Waals surface area contributed by atoms with Crippen LogP contribution in [0.3, 0.4) is 0 Å². The second-order valence-corrected chi connectivity index (χ2v) is 5.09. The van der Waals surface area contributed by atoms with E-state index in [0.717, 1.165) is 10.7 Å². The Hall–Kier alpha value is -1.15. The lowest BCUT2D eigenvalue weighted by Crippen LogP contribution is -1.90. The Morgan fingerprint density at radius 2 is 1.60 bits per heavy atom. The van der Waals surface area contributed by atoms with Gasteiger partial charge in [-0.25, -0.2) is 4.98 Å². The Balaban J connectivity index is 2.62. The van der Waals surface area contributed by atoms with Crippen LogP contribution in [0.5, 0.6) is 0 Å². The standard InChI is InChI=1S/C13H15NS/c1-8-5-9(2)13(10(3)6-8)12-7-15-11(4)14-12/h5-7H,1-4H3. The van der Waals surface area contributed by atoms with Crippen molar-refractivity contribution >= 4 is 11.3 Å². The molecule has 0 atom stereocenters. The minimum Gasteiger partial charge on any atom is -0.242 e. The van der Waals surface area contributed by atoms with Crippen molar-refractivity contribution in [3.05, 3.63) is 39.2 Å². The average Bonchev–Trinajstić information content (AvgIpc) is 2.49. The van der Waals surface area contributed by atoms with Crippen LogP contribution in [0, 0.1) is 27.7 Å². The number of benzene rings is 1. The van der Waals surface area contributed by atoms with Crippen molar-refractivity contribution < 1.29 is 0 Å². The van der Waals surface area contributed by atoms with Crippen LogP contribution in [-0.4, -0.2) is 4.98 Å². The Kier molecular flexibility index (Phi) is 2.61. The molecule has 2 heteroatoms. The van der Waals surface area contributed by atoms with E-state index in [0.29, 0.717) is 0 Å². The number of aryl methyl sites for hydroxylation is 4. The lowest BCUT2D eigenvalue weighted by molar-refractivity contribution is 1.25. The largest absolute Gasteiger partial charge is 0.242 e. The average molecular weight is 217 g/mol. The van der Waals surface area contributed by atoms with Crippen molar-refractivity contribution in [3.63, 3.8) is 0 Å². The zero-order valence-electron chi connectivity index (χ0n) is 9.59. The van der Waals surface area contributed by atoms with Crippen LogP contribution in [0.1, 0.15) is 21.7 Å². The van der Waals surface area contributed by atoms with Crippen LogP contribution in [0.25, 0.3) is 11.3 Å². The first-order valence-electron chi connectivity index (χ1n) is 5.08. The third-order valence-electron chi connectivity index (χ3n) is 2.55. The summed E-state index contributed by atoms with van der Waals surface area (Å²) in [5.41, 5.74) is 6.37. The molecule has 78 valence electrons. The summed E-state index contributed by atoms with van der Waals surface area (Å²) in [5, 5.41) is 3.27. The topological polar surface area (TPSA) is 12.9 Å². The van der Waals surface area contributed by atoms with Crippen molar-refractivity contribution in [3.8, 4) is 11.3 Å². The van der Waals surface area contributed by atoms with Crippen LogP contribution in [0.15, 0.2) is 17.5 Å². The van der Waals surface area contributed by atoms with Gasteiger partial charge in [0.1, 0.15) is 0 Å². The Morgan fingerprint density at radius 3 is 2.07 bits per heavy atom. The van der Waals surface area contributed by atoms with Crippen molar-refractivity contribution in [2.24, 2.45) is 0 Å². The fourth-order valence-electron chi connectivity index (χ4n) is 2.06. The smallest absolute Gasteiger partial charge is 0.0901 e. The first kappa shape index (κ1) is 10.4. The summed E-state index contributed by atoms with van der Waals surface area (Å²) in [6.45, 7) is 8.50. The molecular weight excluding hydrogens is 202 g/mol. The molecule has 0 spiro atoms. The summed E-state index contributed by atoms with van der Waals surface area (Å²) in [5.74, 6) is 0. The highest BCUT2D eigenvalue weighted by Crippen LogP contribution is 2.28. The molecule has 0 bridgehead atoms. The van der Waals surface area contributed by atoms with Gasteiger partial charge in [0.05, 0.1) is 10.7 Å². The van der Waals surface area contributed by atoms with Crippen LogP contribution >= 0.6 is 11.3 Å². The van der Waals surface area contributed by atoms with Gasteiger partial charge in [-0.3, -0.25) is 0 Å². The SMILES string of the molecule is Cc1cc(C)c(-c2csc(C)n2)c(C)c1. The van der Waals surface area contributed by atoms with Gasteiger partial charge in [0.15, 0.2) is 0 Å². The van der Waals surface area contributed by atoms with E-state index in [1.807, 2.05) is 6.92 Å². The second kappa shape index (κ2) is 3.78. The third-order valence-corrected chi connectivity index (χ3v) is 3.33. The number of nitrogens with zero attached hydrogens (tertiary/aromatic N) is 1. The quantitative estimate of drug-likeness (QED) is 0.702. The van der Waals surface area contributed by atoms with Gasteiger partial charge in [-0.15, -0.1) is 11.3 Å². The number of aromatic nitrogens is 1. The Morgan fingerprint density at radius 1 is 1.00 bits per heavy atom. The summed E-state index contributed by atoms with van der Waals surface area (Å²) in [4.78, 5) is 4.55. The van der Waals surface area contributed by atoms with E-state index in [9.17, 15) is 0 Å². The normalized spacial score (nSPS) is 10.7. The van der Waals surface area contributed by atoms with E-state index in [4.69, 9.17) is 0 Å². The molecule has 0 N–H and O–H groups in total. The molecule has 0 radical (unpaired) electrons. The summed E-state index contributed by atoms with van der Waals surface area (Å²) in [7, 11) is 0. The maximum atomic E-state index is 4.55. The molecule has 0 saturated carbocycles. The predicted molar refractivity (Wildman–Crippen MR) is 66.5 cm³/mol. The molecule has 1 nitrogen and oxygen atoms in total. The summed E-state index contributed by atoms with van der Waals surface area (Å²) < 4.78 is 0. The highest BCUT2D eigenvalue weighted by molar-refractivity contribution is 7.09. The second-order valence-electron chi connectivity index (χ2n) is 4.03. The van der Waals surface area contributed by atoms with Crippen molar-refractivity contribution in [1.82, 2.24) is 4.98 Å². The molecule has 2 rings (SSSR count). The minimum absolute atomic E-state index is 1.12. The maximum absolute atomic E-state index is 4.55. The number of rotatable bonds is 1. The molecule has 0 fully saturated rings. The fraction of sp³-hybridized carbons (Fsp3) is 0.308. The van der Waals surface area contributed by atoms with Gasteiger partial charge in [0.25, 0.3) is 0 Å². The van der Waals surface area contributed by atoms with Crippen molar-refractivity contribution in [1.29, 1.82) is 0 Å². The number of thiazole rings is 1. The van der Waals surface area contributed by atoms with Gasteiger partial charge in [-0.2, -0.15) is 0 Å². The third kappa shape index (κ3) is 1.95. The van der Waals surface area contributed by atoms with Crippen LogP contribution in [0.4, 0.5) is 0 Å². The van der Waals surface area contributed by atoms with Crippen molar-refractivity contribution in [2.75, 3.05) is 0 Å². The lowest BCUT2D eigenvalue weighted by Gasteiger charge is -2.08. The zero-order valence-corrected chi connectivity index (χ0v) is 10.4. The maximum Gasteiger partial charge on any atom is 0.0901 e. The summed E-state index contributed by atoms with van der Waals surface area (Å²) >= 11 is 1.71. The molecule has 1 heterocycles. The van der Waals surface area contributed by atoms with Crippen LogP contribution in [0.2, 0.25) is 0 Å². The highest BCUT2D eigenvalue weighted by Gasteiger charge is 2.08. The van der Waals surface area contributed by atoms with E-state index in [-0.39, 0.29) is 0 Å². The molecule has 0 saturated heterocycles. The molecule has 15 heavy (non-hydrogen) atoms. The molecule has 0 aliphatic rings. The highest BCUT2D eigenvalue weighted by atomic mass is 32.1. The molecule has 0 unspecified atom stereocenters. The number of hydrogen-bond acceptors (Lipinski definition) is 2. The molecular formula is C13H15NS. The first-order valence-corrected chi connectivity index (χ1v) is 5.96. The van der Waals surface area contributed by atoms with E-state index >= 15 is 0 Å². The molecule has 0 amide bonds. The summed E-state index contributed by atoms with van der Waals surface area (Å²) in [6.07, 6.45) is 0. The van der Waals surface area contributed by atoms with Gasteiger partial charge >= 0.3 is 0 Å². The van der Waals surface area contributed by atoms with Gasteiger partial charge in [-0.1, -0.05) is 17.7 Å². The molecule has 2 aromatic rings. The Bertz CT molecular complexity index is 474. The first-order chi connectivity index (χ1) is 7.08. The Labute approximate surface area is 94.8 Å². The predicted octanol–water partition coefficient (Wildman–Crippen LogP) is 4.04. The molecule has 1 aromatic heterocycles. The summed E-state index contributed by atoms with van der Waals surface area (Å²) in [6, 6.07) is 4.44. The van der Waals surface area contributed by atoms with Gasteiger partial charge in [0, 0.05) is 10.9 Å². The zero-order chi connectivity index (χ0) is 11.0.